The van der Waals surface area contributed by atoms with Gasteiger partial charge in [0.1, 0.15) is 24.1 Å². The monoisotopic (exact) mass is 466 g/mol. The summed E-state index contributed by atoms with van der Waals surface area (Å²) in [6, 6.07) is 28.4. The molecule has 1 heterocycles. The summed E-state index contributed by atoms with van der Waals surface area (Å²) < 4.78 is 6.08. The molecule has 1 aliphatic rings. The molecule has 4 aromatic rings. The maximum Gasteiger partial charge on any atom is 0.258 e. The van der Waals surface area contributed by atoms with E-state index >= 15 is 0 Å². The molecule has 1 fully saturated rings. The zero-order valence-corrected chi connectivity index (χ0v) is 19.0. The van der Waals surface area contributed by atoms with Crippen LogP contribution in [0.4, 0.5) is 0 Å². The number of amides is 1. The average Bonchev–Trinajstić information content (AvgIpc) is 3.40. The fourth-order valence-corrected chi connectivity index (χ4v) is 4.23. The number of benzene rings is 4. The number of phenols is 1. The summed E-state index contributed by atoms with van der Waals surface area (Å²) in [7, 11) is 0. The van der Waals surface area contributed by atoms with Gasteiger partial charge in [0.15, 0.2) is 0 Å². The number of hydrazine groups is 1. The van der Waals surface area contributed by atoms with Crippen molar-refractivity contribution >= 4 is 22.9 Å². The first-order valence-electron chi connectivity index (χ1n) is 11.5. The number of phenolic OH excluding ortho intramolecular Hbond substituents is 1. The van der Waals surface area contributed by atoms with E-state index in [9.17, 15) is 9.90 Å². The number of fused-ring (bicyclic) bond motifs is 1. The van der Waals surface area contributed by atoms with E-state index in [1.165, 1.54) is 6.21 Å². The van der Waals surface area contributed by atoms with E-state index in [-0.39, 0.29) is 17.7 Å². The van der Waals surface area contributed by atoms with Crippen LogP contribution in [-0.2, 0) is 11.4 Å². The number of hydrogen-bond acceptors (Lipinski definition) is 6. The highest BCUT2D eigenvalue weighted by atomic mass is 16.5. The number of carbonyl (C=O) groups excluding carboxylic acids is 1. The van der Waals surface area contributed by atoms with E-state index in [1.807, 2.05) is 84.9 Å². The molecule has 4 N–H and O–H groups in total. The van der Waals surface area contributed by atoms with Gasteiger partial charge in [-0.15, -0.1) is 0 Å². The molecule has 2 unspecified atom stereocenters. The maximum atomic E-state index is 12.7. The van der Waals surface area contributed by atoms with Crippen molar-refractivity contribution in [3.8, 4) is 11.5 Å². The molecule has 7 heteroatoms. The van der Waals surface area contributed by atoms with Crippen molar-refractivity contribution in [3.05, 3.63) is 108 Å². The van der Waals surface area contributed by atoms with Crippen molar-refractivity contribution in [2.24, 2.45) is 5.10 Å². The number of carbonyl (C=O) groups is 1. The van der Waals surface area contributed by atoms with Crippen LogP contribution in [0.25, 0.3) is 10.8 Å². The van der Waals surface area contributed by atoms with Crippen LogP contribution in [0.3, 0.4) is 0 Å². The molecule has 0 saturated carbocycles. The molecule has 0 aromatic heterocycles. The summed E-state index contributed by atoms with van der Waals surface area (Å²) >= 11 is 0. The quantitative estimate of drug-likeness (QED) is 0.242. The van der Waals surface area contributed by atoms with Crippen LogP contribution in [-0.4, -0.2) is 23.3 Å². The lowest BCUT2D eigenvalue weighted by Crippen LogP contribution is -2.41. The van der Waals surface area contributed by atoms with Crippen molar-refractivity contribution < 1.29 is 14.6 Å². The Hall–Kier alpha value is -4.20. The maximum absolute atomic E-state index is 12.7. The standard InChI is InChI=1S/C28H26N4O3/c33-26-15-14-20-10-4-5-11-21(20)23(26)17-29-32-28(34)25-16-24(30-31-25)22-12-6-7-13-27(22)35-18-19-8-2-1-3-9-19/h1-15,17,24-25,30-31,33H,16,18H2,(H,32,34)/b29-17+. The summed E-state index contributed by atoms with van der Waals surface area (Å²) in [5.74, 6) is 0.620. The lowest BCUT2D eigenvalue weighted by atomic mass is 10.0. The van der Waals surface area contributed by atoms with Gasteiger partial charge in [0, 0.05) is 11.1 Å². The van der Waals surface area contributed by atoms with Crippen LogP contribution < -0.4 is 21.0 Å². The van der Waals surface area contributed by atoms with Crippen molar-refractivity contribution in [2.75, 3.05) is 0 Å². The smallest absolute Gasteiger partial charge is 0.258 e. The minimum absolute atomic E-state index is 0.0937. The number of nitrogens with one attached hydrogen (secondary N) is 3. The van der Waals surface area contributed by atoms with Crippen LogP contribution in [0.5, 0.6) is 11.5 Å². The molecule has 1 aliphatic heterocycles. The van der Waals surface area contributed by atoms with E-state index < -0.39 is 6.04 Å². The minimum atomic E-state index is -0.472. The van der Waals surface area contributed by atoms with Gasteiger partial charge in [-0.1, -0.05) is 78.9 Å². The fraction of sp³-hybridized carbons (Fsp3) is 0.143. The highest BCUT2D eigenvalue weighted by Crippen LogP contribution is 2.31. The van der Waals surface area contributed by atoms with Gasteiger partial charge in [-0.3, -0.25) is 4.79 Å². The Morgan fingerprint density at radius 1 is 0.971 bits per heavy atom. The molecule has 2 atom stereocenters. The third-order valence-electron chi connectivity index (χ3n) is 6.07. The van der Waals surface area contributed by atoms with Gasteiger partial charge in [-0.25, -0.2) is 16.3 Å². The number of hydrazone groups is 1. The third kappa shape index (κ3) is 5.16. The van der Waals surface area contributed by atoms with Gasteiger partial charge < -0.3 is 9.84 Å². The second kappa shape index (κ2) is 10.4. The molecular formula is C28H26N4O3. The Labute approximate surface area is 203 Å². The largest absolute Gasteiger partial charge is 0.507 e. The molecule has 176 valence electrons. The molecular weight excluding hydrogens is 440 g/mol. The predicted octanol–water partition coefficient (Wildman–Crippen LogP) is 4.18. The zero-order valence-electron chi connectivity index (χ0n) is 19.0. The van der Waals surface area contributed by atoms with Gasteiger partial charge in [0.2, 0.25) is 0 Å². The van der Waals surface area contributed by atoms with Crippen LogP contribution in [0.2, 0.25) is 0 Å². The third-order valence-corrected chi connectivity index (χ3v) is 6.07. The molecule has 0 bridgehead atoms. The first-order valence-corrected chi connectivity index (χ1v) is 11.5. The Morgan fingerprint density at radius 3 is 2.63 bits per heavy atom. The van der Waals surface area contributed by atoms with Crippen molar-refractivity contribution in [1.82, 2.24) is 16.3 Å². The average molecular weight is 467 g/mol. The lowest BCUT2D eigenvalue weighted by Gasteiger charge is -2.16. The zero-order chi connectivity index (χ0) is 24.0. The Morgan fingerprint density at radius 2 is 1.74 bits per heavy atom. The first-order chi connectivity index (χ1) is 17.2. The predicted molar refractivity (Wildman–Crippen MR) is 136 cm³/mol. The number of aromatic hydroxyl groups is 1. The van der Waals surface area contributed by atoms with Gasteiger partial charge in [0.25, 0.3) is 5.91 Å². The number of hydrogen-bond donors (Lipinski definition) is 4. The Balaban J connectivity index is 1.22. The van der Waals surface area contributed by atoms with Crippen molar-refractivity contribution in [3.63, 3.8) is 0 Å². The van der Waals surface area contributed by atoms with E-state index in [4.69, 9.17) is 4.74 Å². The second-order valence-corrected chi connectivity index (χ2v) is 8.40. The molecule has 35 heavy (non-hydrogen) atoms. The Kier molecular flexibility index (Phi) is 6.70. The van der Waals surface area contributed by atoms with Gasteiger partial charge >= 0.3 is 0 Å². The number of para-hydroxylation sites is 1. The van der Waals surface area contributed by atoms with E-state index in [0.717, 1.165) is 27.6 Å². The summed E-state index contributed by atoms with van der Waals surface area (Å²) in [5, 5.41) is 16.2. The summed E-state index contributed by atoms with van der Waals surface area (Å²) in [5.41, 5.74) is 11.5. The van der Waals surface area contributed by atoms with E-state index in [1.54, 1.807) is 6.07 Å². The topological polar surface area (TPSA) is 95.0 Å². The van der Waals surface area contributed by atoms with Crippen LogP contribution in [0, 0.1) is 0 Å². The first kappa shape index (κ1) is 22.6. The van der Waals surface area contributed by atoms with Crippen molar-refractivity contribution in [2.45, 2.75) is 25.1 Å². The van der Waals surface area contributed by atoms with E-state index in [2.05, 4.69) is 21.4 Å². The minimum Gasteiger partial charge on any atom is -0.507 e. The molecule has 0 spiro atoms. The molecule has 1 saturated heterocycles. The normalized spacial score (nSPS) is 17.6. The van der Waals surface area contributed by atoms with Gasteiger partial charge in [0.05, 0.1) is 12.3 Å². The van der Waals surface area contributed by atoms with Crippen LogP contribution in [0.15, 0.2) is 96.1 Å². The lowest BCUT2D eigenvalue weighted by molar-refractivity contribution is -0.122. The molecule has 1 amide bonds. The summed E-state index contributed by atoms with van der Waals surface area (Å²) in [6.45, 7) is 0.470. The van der Waals surface area contributed by atoms with Gasteiger partial charge in [-0.05, 0) is 34.9 Å². The van der Waals surface area contributed by atoms with Crippen molar-refractivity contribution in [1.29, 1.82) is 0 Å². The highest BCUT2D eigenvalue weighted by Gasteiger charge is 2.31. The molecule has 0 aliphatic carbocycles. The molecule has 5 rings (SSSR count). The summed E-state index contributed by atoms with van der Waals surface area (Å²) in [6.07, 6.45) is 2.01. The summed E-state index contributed by atoms with van der Waals surface area (Å²) in [4.78, 5) is 12.7. The highest BCUT2D eigenvalue weighted by molar-refractivity contribution is 6.02. The number of rotatable bonds is 7. The van der Waals surface area contributed by atoms with E-state index in [0.29, 0.717) is 18.6 Å². The molecule has 4 aromatic carbocycles. The Bertz CT molecular complexity index is 1360. The van der Waals surface area contributed by atoms with Crippen LogP contribution >= 0.6 is 0 Å². The van der Waals surface area contributed by atoms with Crippen LogP contribution in [0.1, 0.15) is 29.2 Å². The second-order valence-electron chi connectivity index (χ2n) is 8.40. The van der Waals surface area contributed by atoms with Gasteiger partial charge in [-0.2, -0.15) is 5.10 Å². The molecule has 7 nitrogen and oxygen atoms in total. The fourth-order valence-electron chi connectivity index (χ4n) is 4.23. The SMILES string of the molecule is O=C(N/N=C/c1c(O)ccc2ccccc12)C1CC(c2ccccc2OCc2ccccc2)NN1. The number of ether oxygens (including phenoxy) is 1. The molecule has 0 radical (unpaired) electrons. The number of nitrogens with zero attached hydrogens (tertiary/aromatic N) is 1.